The van der Waals surface area contributed by atoms with Crippen LogP contribution in [0.15, 0.2) is 39.4 Å². The van der Waals surface area contributed by atoms with Crippen LogP contribution in [0.2, 0.25) is 0 Å². The quantitative estimate of drug-likeness (QED) is 0.588. The molecular weight excluding hydrogens is 446 g/mol. The zero-order valence-electron chi connectivity index (χ0n) is 18.1. The SMILES string of the molecule is Cc1cc2cc(c1)S(=O)(=O)c1c([nH]c(C(=O)N3CCCc4sccc4C3)c1C)C(=O)N2C. The highest BCUT2D eigenvalue weighted by atomic mass is 32.2. The first-order chi connectivity index (χ1) is 15.2. The lowest BCUT2D eigenvalue weighted by atomic mass is 10.2. The van der Waals surface area contributed by atoms with Crippen LogP contribution in [0.4, 0.5) is 5.69 Å². The summed E-state index contributed by atoms with van der Waals surface area (Å²) in [5.74, 6) is -0.778. The Morgan fingerprint density at radius 2 is 1.97 bits per heavy atom. The van der Waals surface area contributed by atoms with Crippen LogP contribution in [-0.4, -0.2) is 43.7 Å². The third-order valence-corrected chi connectivity index (χ3v) is 9.17. The molecule has 7 nitrogen and oxygen atoms in total. The van der Waals surface area contributed by atoms with Gasteiger partial charge in [-0.1, -0.05) is 0 Å². The van der Waals surface area contributed by atoms with Gasteiger partial charge in [-0.25, -0.2) is 8.42 Å². The molecule has 0 saturated heterocycles. The molecule has 2 aliphatic rings. The maximum absolute atomic E-state index is 13.5. The van der Waals surface area contributed by atoms with Crippen molar-refractivity contribution in [3.8, 4) is 0 Å². The maximum atomic E-state index is 13.5. The predicted octanol–water partition coefficient (Wildman–Crippen LogP) is 3.70. The van der Waals surface area contributed by atoms with Crippen LogP contribution in [0.25, 0.3) is 0 Å². The van der Waals surface area contributed by atoms with E-state index in [2.05, 4.69) is 4.98 Å². The molecule has 32 heavy (non-hydrogen) atoms. The predicted molar refractivity (Wildman–Crippen MR) is 122 cm³/mol. The average molecular weight is 470 g/mol. The number of fused-ring (bicyclic) bond motifs is 4. The van der Waals surface area contributed by atoms with Gasteiger partial charge in [0.25, 0.3) is 11.8 Å². The summed E-state index contributed by atoms with van der Waals surface area (Å²) in [4.78, 5) is 34.1. The van der Waals surface area contributed by atoms with E-state index in [0.717, 1.165) is 24.0 Å². The standard InChI is InChI=1S/C23H23N3O4S2/c1-13-9-16-11-17(10-13)32(29,30)21-14(2)19(24-20(21)22(27)25(16)3)23(28)26-7-4-5-18-15(12-26)6-8-31-18/h6,8-11,24H,4-5,7,12H2,1-3H3. The minimum atomic E-state index is -3.99. The molecule has 2 bridgehead atoms. The summed E-state index contributed by atoms with van der Waals surface area (Å²) in [5.41, 5.74) is 2.74. The lowest BCUT2D eigenvalue weighted by Gasteiger charge is -2.22. The number of aromatic amines is 1. The maximum Gasteiger partial charge on any atom is 0.275 e. The van der Waals surface area contributed by atoms with E-state index in [1.807, 2.05) is 11.4 Å². The number of nitrogens with one attached hydrogen (secondary N) is 1. The van der Waals surface area contributed by atoms with Gasteiger partial charge in [0.2, 0.25) is 9.84 Å². The monoisotopic (exact) mass is 469 g/mol. The van der Waals surface area contributed by atoms with Gasteiger partial charge in [-0.15, -0.1) is 11.3 Å². The van der Waals surface area contributed by atoms with Gasteiger partial charge >= 0.3 is 0 Å². The Hall–Kier alpha value is -2.91. The van der Waals surface area contributed by atoms with Crippen molar-refractivity contribution >= 4 is 38.7 Å². The summed E-state index contributed by atoms with van der Waals surface area (Å²) in [6.45, 7) is 4.44. The van der Waals surface area contributed by atoms with Crippen molar-refractivity contribution in [1.29, 1.82) is 0 Å². The van der Waals surface area contributed by atoms with E-state index in [9.17, 15) is 18.0 Å². The highest BCUT2D eigenvalue weighted by Gasteiger charge is 2.37. The third kappa shape index (κ3) is 3.10. The number of anilines is 1. The number of benzene rings is 1. The Balaban J connectivity index is 1.64. The first-order valence-corrected chi connectivity index (χ1v) is 12.8. The zero-order chi connectivity index (χ0) is 22.8. The summed E-state index contributed by atoms with van der Waals surface area (Å²) in [6, 6.07) is 6.89. The molecule has 1 N–H and O–H groups in total. The molecule has 0 saturated carbocycles. The second kappa shape index (κ2) is 7.31. The molecule has 1 aromatic carbocycles. The largest absolute Gasteiger partial charge is 0.345 e. The van der Waals surface area contributed by atoms with E-state index in [-0.39, 0.29) is 32.6 Å². The molecule has 4 heterocycles. The molecule has 0 aliphatic carbocycles. The first-order valence-electron chi connectivity index (χ1n) is 10.4. The lowest BCUT2D eigenvalue weighted by molar-refractivity contribution is 0.0740. The van der Waals surface area contributed by atoms with E-state index in [4.69, 9.17) is 0 Å². The average Bonchev–Trinajstić information content (AvgIpc) is 3.28. The molecule has 2 amide bonds. The van der Waals surface area contributed by atoms with Gasteiger partial charge in [-0.3, -0.25) is 9.59 Å². The summed E-state index contributed by atoms with van der Waals surface area (Å²) >= 11 is 1.70. The number of carbonyl (C=O) groups is 2. The second-order valence-electron chi connectivity index (χ2n) is 8.40. The Morgan fingerprint density at radius 1 is 1.19 bits per heavy atom. The van der Waals surface area contributed by atoms with Crippen LogP contribution in [0.1, 0.15) is 49.0 Å². The molecule has 166 valence electrons. The van der Waals surface area contributed by atoms with Crippen LogP contribution < -0.4 is 4.90 Å². The summed E-state index contributed by atoms with van der Waals surface area (Å²) in [6.07, 6.45) is 1.76. The minimum Gasteiger partial charge on any atom is -0.345 e. The highest BCUT2D eigenvalue weighted by molar-refractivity contribution is 7.91. The minimum absolute atomic E-state index is 0.0659. The molecule has 0 atom stereocenters. The normalized spacial score (nSPS) is 17.3. The van der Waals surface area contributed by atoms with Gasteiger partial charge in [-0.05, 0) is 73.0 Å². The highest BCUT2D eigenvalue weighted by Crippen LogP contribution is 2.36. The van der Waals surface area contributed by atoms with Crippen LogP contribution in [0.5, 0.6) is 0 Å². The molecule has 0 unspecified atom stereocenters. The van der Waals surface area contributed by atoms with Gasteiger partial charge in [0.1, 0.15) is 16.3 Å². The molecule has 5 rings (SSSR count). The summed E-state index contributed by atoms with van der Waals surface area (Å²) < 4.78 is 27.1. The van der Waals surface area contributed by atoms with E-state index < -0.39 is 15.7 Å². The van der Waals surface area contributed by atoms with Crippen molar-refractivity contribution in [3.63, 3.8) is 0 Å². The van der Waals surface area contributed by atoms with Crippen LogP contribution >= 0.6 is 11.3 Å². The smallest absolute Gasteiger partial charge is 0.275 e. The number of carbonyl (C=O) groups excluding carboxylic acids is 2. The molecule has 0 fully saturated rings. The number of rotatable bonds is 1. The number of amides is 2. The van der Waals surface area contributed by atoms with Gasteiger partial charge in [0, 0.05) is 30.7 Å². The summed E-state index contributed by atoms with van der Waals surface area (Å²) in [7, 11) is -2.38. The van der Waals surface area contributed by atoms with E-state index in [1.54, 1.807) is 49.3 Å². The Kier molecular flexibility index (Phi) is 4.79. The first kappa shape index (κ1) is 21.0. The van der Waals surface area contributed by atoms with E-state index >= 15 is 0 Å². The van der Waals surface area contributed by atoms with Crippen molar-refractivity contribution in [1.82, 2.24) is 9.88 Å². The number of aryl methyl sites for hydroxylation is 2. The zero-order valence-corrected chi connectivity index (χ0v) is 19.7. The molecule has 3 aromatic rings. The topological polar surface area (TPSA) is 90.5 Å². The fraction of sp³-hybridized carbons (Fsp3) is 0.304. The summed E-state index contributed by atoms with van der Waals surface area (Å²) in [5, 5.41) is 2.03. The fourth-order valence-corrected chi connectivity index (χ4v) is 7.24. The Labute approximate surface area is 190 Å². The van der Waals surface area contributed by atoms with Crippen LogP contribution in [0, 0.1) is 13.8 Å². The number of hydrogen-bond donors (Lipinski definition) is 1. The van der Waals surface area contributed by atoms with Crippen molar-refractivity contribution in [2.24, 2.45) is 0 Å². The number of sulfone groups is 1. The van der Waals surface area contributed by atoms with Crippen molar-refractivity contribution in [2.75, 3.05) is 18.5 Å². The van der Waals surface area contributed by atoms with Crippen molar-refractivity contribution in [3.05, 3.63) is 62.6 Å². The molecule has 0 radical (unpaired) electrons. The third-order valence-electron chi connectivity index (χ3n) is 6.24. The molecule has 9 heteroatoms. The van der Waals surface area contributed by atoms with Gasteiger partial charge in [0.15, 0.2) is 0 Å². The Bertz CT molecular complexity index is 1380. The van der Waals surface area contributed by atoms with Gasteiger partial charge in [-0.2, -0.15) is 0 Å². The number of thiophene rings is 1. The van der Waals surface area contributed by atoms with Gasteiger partial charge < -0.3 is 14.8 Å². The van der Waals surface area contributed by atoms with E-state index in [1.165, 1.54) is 15.8 Å². The van der Waals surface area contributed by atoms with Crippen molar-refractivity contribution < 1.29 is 18.0 Å². The number of aromatic nitrogens is 1. The van der Waals surface area contributed by atoms with Crippen molar-refractivity contribution in [2.45, 2.75) is 43.0 Å². The number of hydrogen-bond acceptors (Lipinski definition) is 5. The van der Waals surface area contributed by atoms with E-state index in [0.29, 0.717) is 18.8 Å². The number of nitrogens with zero attached hydrogens (tertiary/aromatic N) is 2. The fourth-order valence-electron chi connectivity index (χ4n) is 4.53. The molecule has 2 aromatic heterocycles. The number of H-pyrrole nitrogens is 1. The van der Waals surface area contributed by atoms with Crippen LogP contribution in [0.3, 0.4) is 0 Å². The molecular formula is C23H23N3O4S2. The lowest BCUT2D eigenvalue weighted by Crippen LogP contribution is -2.31. The second-order valence-corrected chi connectivity index (χ2v) is 11.3. The molecule has 2 aliphatic heterocycles. The molecule has 0 spiro atoms. The van der Waals surface area contributed by atoms with Gasteiger partial charge in [0.05, 0.1) is 4.90 Å². The van der Waals surface area contributed by atoms with Crippen LogP contribution in [-0.2, 0) is 22.8 Å². The Morgan fingerprint density at radius 3 is 2.75 bits per heavy atom.